The number of benzene rings is 1. The molecule has 122 valence electrons. The van der Waals surface area contributed by atoms with Gasteiger partial charge >= 0.3 is 0 Å². The molecule has 3 rings (SSSR count). The summed E-state index contributed by atoms with van der Waals surface area (Å²) in [7, 11) is 1.82. The van der Waals surface area contributed by atoms with E-state index in [2.05, 4.69) is 20.6 Å². The number of ether oxygens (including phenoxy) is 1. The fourth-order valence-corrected chi connectivity index (χ4v) is 2.98. The van der Waals surface area contributed by atoms with Gasteiger partial charge in [0.15, 0.2) is 0 Å². The summed E-state index contributed by atoms with van der Waals surface area (Å²) in [4.78, 5) is 8.37. The first-order valence-corrected chi connectivity index (χ1v) is 7.79. The van der Waals surface area contributed by atoms with E-state index in [0.29, 0.717) is 13.2 Å². The number of aromatic nitrogens is 2. The zero-order chi connectivity index (χ0) is 16.1. The van der Waals surface area contributed by atoms with E-state index in [0.717, 1.165) is 36.6 Å². The quantitative estimate of drug-likeness (QED) is 0.888. The molecular formula is C17H21FN4O. The Morgan fingerprint density at radius 2 is 1.83 bits per heavy atom. The van der Waals surface area contributed by atoms with Gasteiger partial charge in [0.1, 0.15) is 23.8 Å². The highest BCUT2D eigenvalue weighted by atomic mass is 19.1. The number of nitrogens with zero attached hydrogens (tertiary/aromatic N) is 2. The van der Waals surface area contributed by atoms with E-state index >= 15 is 0 Å². The van der Waals surface area contributed by atoms with Crippen molar-refractivity contribution >= 4 is 11.6 Å². The van der Waals surface area contributed by atoms with E-state index in [4.69, 9.17) is 4.74 Å². The van der Waals surface area contributed by atoms with Gasteiger partial charge in [-0.05, 0) is 30.5 Å². The highest BCUT2D eigenvalue weighted by Gasteiger charge is 2.34. The Morgan fingerprint density at radius 1 is 1.13 bits per heavy atom. The van der Waals surface area contributed by atoms with Gasteiger partial charge in [0.25, 0.3) is 0 Å². The molecule has 0 bridgehead atoms. The molecule has 1 aromatic heterocycles. The van der Waals surface area contributed by atoms with Gasteiger partial charge in [-0.15, -0.1) is 0 Å². The predicted molar refractivity (Wildman–Crippen MR) is 88.2 cm³/mol. The maximum absolute atomic E-state index is 13.2. The number of rotatable bonds is 5. The molecule has 0 radical (unpaired) electrons. The largest absolute Gasteiger partial charge is 0.381 e. The summed E-state index contributed by atoms with van der Waals surface area (Å²) in [6.07, 6.45) is 3.33. The molecule has 5 nitrogen and oxygen atoms in total. The molecule has 0 saturated carbocycles. The van der Waals surface area contributed by atoms with Crippen molar-refractivity contribution in [3.05, 3.63) is 48.0 Å². The minimum atomic E-state index is -0.210. The molecule has 0 spiro atoms. The molecular weight excluding hydrogens is 295 g/mol. The third-order valence-corrected chi connectivity index (χ3v) is 4.44. The van der Waals surface area contributed by atoms with Crippen molar-refractivity contribution in [1.29, 1.82) is 0 Å². The van der Waals surface area contributed by atoms with Gasteiger partial charge in [0.05, 0.1) is 0 Å². The molecule has 6 heteroatoms. The number of anilines is 2. The molecule has 1 aliphatic heterocycles. The fraction of sp³-hybridized carbons (Fsp3) is 0.412. The van der Waals surface area contributed by atoms with Crippen LogP contribution in [0.1, 0.15) is 18.4 Å². The van der Waals surface area contributed by atoms with Crippen LogP contribution < -0.4 is 10.6 Å². The number of hydrogen-bond donors (Lipinski definition) is 2. The maximum Gasteiger partial charge on any atom is 0.131 e. The SMILES string of the molecule is CNc1cc(NCC2(c3ccc(F)cc3)CCOCC2)ncn1. The molecule has 0 amide bonds. The Balaban J connectivity index is 1.80. The first-order chi connectivity index (χ1) is 11.2. The molecule has 23 heavy (non-hydrogen) atoms. The van der Waals surface area contributed by atoms with Gasteiger partial charge in [0, 0.05) is 38.3 Å². The minimum Gasteiger partial charge on any atom is -0.381 e. The van der Waals surface area contributed by atoms with Gasteiger partial charge in [-0.25, -0.2) is 14.4 Å². The van der Waals surface area contributed by atoms with Crippen LogP contribution >= 0.6 is 0 Å². The number of nitrogens with one attached hydrogen (secondary N) is 2. The third-order valence-electron chi connectivity index (χ3n) is 4.44. The Hall–Kier alpha value is -2.21. The second kappa shape index (κ2) is 6.91. The van der Waals surface area contributed by atoms with E-state index in [1.165, 1.54) is 18.5 Å². The zero-order valence-corrected chi connectivity index (χ0v) is 13.2. The zero-order valence-electron chi connectivity index (χ0n) is 13.2. The van der Waals surface area contributed by atoms with Crippen molar-refractivity contribution in [1.82, 2.24) is 9.97 Å². The normalized spacial score (nSPS) is 16.8. The topological polar surface area (TPSA) is 59.1 Å². The van der Waals surface area contributed by atoms with Crippen molar-refractivity contribution in [2.45, 2.75) is 18.3 Å². The Bertz CT molecular complexity index is 641. The molecule has 0 aliphatic carbocycles. The number of hydrogen-bond acceptors (Lipinski definition) is 5. The van der Waals surface area contributed by atoms with Gasteiger partial charge in [-0.1, -0.05) is 12.1 Å². The summed E-state index contributed by atoms with van der Waals surface area (Å²) in [6, 6.07) is 8.67. The molecule has 1 saturated heterocycles. The first-order valence-electron chi connectivity index (χ1n) is 7.79. The summed E-state index contributed by atoms with van der Waals surface area (Å²) in [6.45, 7) is 2.15. The van der Waals surface area contributed by atoms with Crippen molar-refractivity contribution in [3.63, 3.8) is 0 Å². The molecule has 1 aliphatic rings. The summed E-state index contributed by atoms with van der Waals surface area (Å²) >= 11 is 0. The van der Waals surface area contributed by atoms with Crippen molar-refractivity contribution in [2.75, 3.05) is 37.4 Å². The second-order valence-electron chi connectivity index (χ2n) is 5.79. The van der Waals surface area contributed by atoms with Crippen molar-refractivity contribution in [3.8, 4) is 0 Å². The lowest BCUT2D eigenvalue weighted by Crippen LogP contribution is -2.40. The van der Waals surface area contributed by atoms with Crippen LogP contribution in [0.25, 0.3) is 0 Å². The van der Waals surface area contributed by atoms with E-state index in [9.17, 15) is 4.39 Å². The standard InChI is InChI=1S/C17H21FN4O/c1-19-15-10-16(22-12-21-15)20-11-17(6-8-23-9-7-17)13-2-4-14(18)5-3-13/h2-5,10,12H,6-9,11H2,1H3,(H2,19,20,21,22). The summed E-state index contributed by atoms with van der Waals surface area (Å²) in [5, 5.41) is 6.40. The molecule has 2 heterocycles. The van der Waals surface area contributed by atoms with Crippen LogP contribution in [0.4, 0.5) is 16.0 Å². The highest BCUT2D eigenvalue weighted by molar-refractivity contribution is 5.46. The van der Waals surface area contributed by atoms with Crippen LogP contribution in [-0.2, 0) is 10.2 Å². The Labute approximate surface area is 135 Å². The van der Waals surface area contributed by atoms with E-state index < -0.39 is 0 Å². The lowest BCUT2D eigenvalue weighted by molar-refractivity contribution is 0.0543. The average Bonchev–Trinajstić information content (AvgIpc) is 2.61. The van der Waals surface area contributed by atoms with E-state index in [-0.39, 0.29) is 11.2 Å². The predicted octanol–water partition coefficient (Wildman–Crippen LogP) is 2.82. The Morgan fingerprint density at radius 3 is 2.52 bits per heavy atom. The first kappa shape index (κ1) is 15.7. The van der Waals surface area contributed by atoms with Gasteiger partial charge < -0.3 is 15.4 Å². The van der Waals surface area contributed by atoms with Crippen LogP contribution in [0, 0.1) is 5.82 Å². The van der Waals surface area contributed by atoms with Gasteiger partial charge in [-0.3, -0.25) is 0 Å². The maximum atomic E-state index is 13.2. The molecule has 1 aromatic carbocycles. The highest BCUT2D eigenvalue weighted by Crippen LogP contribution is 2.35. The monoisotopic (exact) mass is 316 g/mol. The van der Waals surface area contributed by atoms with Crippen LogP contribution in [-0.4, -0.2) is 36.8 Å². The van der Waals surface area contributed by atoms with Crippen LogP contribution in [0.5, 0.6) is 0 Å². The lowest BCUT2D eigenvalue weighted by atomic mass is 9.74. The minimum absolute atomic E-state index is 0.0727. The molecule has 0 unspecified atom stereocenters. The average molecular weight is 316 g/mol. The molecule has 2 N–H and O–H groups in total. The van der Waals surface area contributed by atoms with E-state index in [1.54, 1.807) is 0 Å². The fourth-order valence-electron chi connectivity index (χ4n) is 2.98. The third kappa shape index (κ3) is 3.59. The van der Waals surface area contributed by atoms with Crippen LogP contribution in [0.15, 0.2) is 36.7 Å². The lowest BCUT2D eigenvalue weighted by Gasteiger charge is -2.38. The molecule has 0 atom stereocenters. The summed E-state index contributed by atoms with van der Waals surface area (Å²) in [5.74, 6) is 1.33. The summed E-state index contributed by atoms with van der Waals surface area (Å²) in [5.41, 5.74) is 1.06. The smallest absolute Gasteiger partial charge is 0.131 e. The van der Waals surface area contributed by atoms with Crippen molar-refractivity contribution in [2.24, 2.45) is 0 Å². The second-order valence-corrected chi connectivity index (χ2v) is 5.79. The van der Waals surface area contributed by atoms with Crippen LogP contribution in [0.2, 0.25) is 0 Å². The Kier molecular flexibility index (Phi) is 4.71. The van der Waals surface area contributed by atoms with Gasteiger partial charge in [-0.2, -0.15) is 0 Å². The number of halogens is 1. The molecule has 1 fully saturated rings. The van der Waals surface area contributed by atoms with Crippen LogP contribution in [0.3, 0.4) is 0 Å². The van der Waals surface area contributed by atoms with Crippen molar-refractivity contribution < 1.29 is 9.13 Å². The van der Waals surface area contributed by atoms with E-state index in [1.807, 2.05) is 25.2 Å². The summed E-state index contributed by atoms with van der Waals surface area (Å²) < 4.78 is 18.8. The van der Waals surface area contributed by atoms with Gasteiger partial charge in [0.2, 0.25) is 0 Å². The molecule has 2 aromatic rings.